The summed E-state index contributed by atoms with van der Waals surface area (Å²) in [7, 11) is 0. The van der Waals surface area contributed by atoms with Crippen LogP contribution in [-0.2, 0) is 19.4 Å². The van der Waals surface area contributed by atoms with Crippen LogP contribution in [0, 0.1) is 13.8 Å². The molecule has 1 heterocycles. The van der Waals surface area contributed by atoms with Crippen LogP contribution in [-0.4, -0.2) is 11.1 Å². The monoisotopic (exact) mass is 412 g/mol. The van der Waals surface area contributed by atoms with Gasteiger partial charge in [-0.3, -0.25) is 0 Å². The van der Waals surface area contributed by atoms with Gasteiger partial charge in [-0.1, -0.05) is 11.2 Å². The SMILES string of the molecule is Cc1noc(C)c1CN=C(N)Nc1ccc2c(c1)CCC2.I. The van der Waals surface area contributed by atoms with Crippen LogP contribution in [0.2, 0.25) is 0 Å². The molecule has 0 spiro atoms. The molecule has 22 heavy (non-hydrogen) atoms. The van der Waals surface area contributed by atoms with Gasteiger partial charge in [-0.25, -0.2) is 4.99 Å². The molecule has 0 aliphatic heterocycles. The number of rotatable bonds is 3. The van der Waals surface area contributed by atoms with Gasteiger partial charge < -0.3 is 15.6 Å². The lowest BCUT2D eigenvalue weighted by molar-refractivity contribution is 0.392. The number of aromatic nitrogens is 1. The average Bonchev–Trinajstić information content (AvgIpc) is 3.04. The Morgan fingerprint density at radius 2 is 2.09 bits per heavy atom. The van der Waals surface area contributed by atoms with Gasteiger partial charge in [-0.15, -0.1) is 24.0 Å². The predicted octanol–water partition coefficient (Wildman–Crippen LogP) is 3.32. The van der Waals surface area contributed by atoms with Gasteiger partial charge in [0.15, 0.2) is 5.96 Å². The fraction of sp³-hybridized carbons (Fsp3) is 0.375. The first kappa shape index (κ1) is 16.8. The van der Waals surface area contributed by atoms with Crippen LogP contribution in [0.3, 0.4) is 0 Å². The fourth-order valence-electron chi connectivity index (χ4n) is 2.73. The third-order valence-electron chi connectivity index (χ3n) is 3.96. The summed E-state index contributed by atoms with van der Waals surface area (Å²) in [5.41, 5.74) is 11.7. The van der Waals surface area contributed by atoms with Crippen molar-refractivity contribution >= 4 is 35.6 Å². The number of anilines is 1. The van der Waals surface area contributed by atoms with Crippen LogP contribution in [0.25, 0.3) is 0 Å². The standard InChI is InChI=1S/C16H20N4O.HI/c1-10-15(11(2)21-20-10)9-18-16(17)19-14-7-6-12-4-3-5-13(12)8-14;/h6-8H,3-5,9H2,1-2H3,(H3,17,18,19);1H. The normalized spacial score (nSPS) is 13.6. The van der Waals surface area contributed by atoms with Crippen molar-refractivity contribution in [3.05, 3.63) is 46.3 Å². The van der Waals surface area contributed by atoms with Gasteiger partial charge in [0, 0.05) is 11.3 Å². The molecule has 118 valence electrons. The van der Waals surface area contributed by atoms with Gasteiger partial charge in [0.2, 0.25) is 0 Å². The second kappa shape index (κ2) is 7.13. The third kappa shape index (κ3) is 3.60. The van der Waals surface area contributed by atoms with Crippen LogP contribution < -0.4 is 11.1 Å². The molecule has 0 unspecified atom stereocenters. The number of fused-ring (bicyclic) bond motifs is 1. The highest BCUT2D eigenvalue weighted by atomic mass is 127. The molecule has 2 aromatic rings. The minimum atomic E-state index is 0. The van der Waals surface area contributed by atoms with E-state index in [1.54, 1.807) is 0 Å². The topological polar surface area (TPSA) is 76.4 Å². The van der Waals surface area contributed by atoms with E-state index in [0.29, 0.717) is 12.5 Å². The predicted molar refractivity (Wildman–Crippen MR) is 98.8 cm³/mol. The van der Waals surface area contributed by atoms with E-state index in [1.807, 2.05) is 13.8 Å². The van der Waals surface area contributed by atoms with E-state index in [0.717, 1.165) is 29.1 Å². The summed E-state index contributed by atoms with van der Waals surface area (Å²) >= 11 is 0. The minimum Gasteiger partial charge on any atom is -0.370 e. The Bertz CT molecular complexity index is 674. The summed E-state index contributed by atoms with van der Waals surface area (Å²) in [6.07, 6.45) is 3.58. The van der Waals surface area contributed by atoms with Crippen molar-refractivity contribution in [2.45, 2.75) is 39.7 Å². The number of nitrogens with two attached hydrogens (primary N) is 1. The molecular weight excluding hydrogens is 391 g/mol. The van der Waals surface area contributed by atoms with Crippen LogP contribution in [0.1, 0.15) is 34.6 Å². The van der Waals surface area contributed by atoms with Crippen molar-refractivity contribution in [3.8, 4) is 0 Å². The van der Waals surface area contributed by atoms with Crippen LogP contribution in [0.5, 0.6) is 0 Å². The molecule has 3 rings (SSSR count). The fourth-order valence-corrected chi connectivity index (χ4v) is 2.73. The summed E-state index contributed by atoms with van der Waals surface area (Å²) in [5, 5.41) is 7.06. The van der Waals surface area contributed by atoms with E-state index < -0.39 is 0 Å². The molecule has 1 aliphatic carbocycles. The molecule has 0 fully saturated rings. The largest absolute Gasteiger partial charge is 0.370 e. The van der Waals surface area contributed by atoms with E-state index in [9.17, 15) is 0 Å². The molecule has 0 saturated heterocycles. The Morgan fingerprint density at radius 1 is 1.32 bits per heavy atom. The summed E-state index contributed by atoms with van der Waals surface area (Å²) in [4.78, 5) is 4.36. The first-order valence-electron chi connectivity index (χ1n) is 7.24. The lowest BCUT2D eigenvalue weighted by atomic mass is 10.1. The zero-order valence-corrected chi connectivity index (χ0v) is 15.2. The van der Waals surface area contributed by atoms with Gasteiger partial charge in [-0.2, -0.15) is 0 Å². The van der Waals surface area contributed by atoms with Gasteiger partial charge in [-0.05, 0) is 56.4 Å². The number of benzene rings is 1. The lowest BCUT2D eigenvalue weighted by Crippen LogP contribution is -2.22. The Kier molecular flexibility index (Phi) is 5.44. The summed E-state index contributed by atoms with van der Waals surface area (Å²) in [6.45, 7) is 4.27. The maximum atomic E-state index is 5.96. The van der Waals surface area contributed by atoms with Crippen molar-refractivity contribution in [2.75, 3.05) is 5.32 Å². The van der Waals surface area contributed by atoms with Crippen molar-refractivity contribution < 1.29 is 4.52 Å². The second-order valence-corrected chi connectivity index (χ2v) is 5.47. The summed E-state index contributed by atoms with van der Waals surface area (Å²) < 4.78 is 5.12. The first-order chi connectivity index (χ1) is 10.1. The van der Waals surface area contributed by atoms with E-state index in [-0.39, 0.29) is 24.0 Å². The third-order valence-corrected chi connectivity index (χ3v) is 3.96. The first-order valence-corrected chi connectivity index (χ1v) is 7.24. The highest BCUT2D eigenvalue weighted by Gasteiger charge is 2.11. The van der Waals surface area contributed by atoms with Crippen molar-refractivity contribution in [2.24, 2.45) is 10.7 Å². The van der Waals surface area contributed by atoms with Crippen molar-refractivity contribution in [1.82, 2.24) is 5.16 Å². The number of aliphatic imine (C=N–C) groups is 1. The van der Waals surface area contributed by atoms with Gasteiger partial charge in [0.05, 0.1) is 12.2 Å². The molecule has 1 aliphatic rings. The number of hydrogen-bond donors (Lipinski definition) is 2. The van der Waals surface area contributed by atoms with Crippen molar-refractivity contribution in [3.63, 3.8) is 0 Å². The molecule has 3 N–H and O–H groups in total. The smallest absolute Gasteiger partial charge is 0.193 e. The number of nitrogens with one attached hydrogen (secondary N) is 1. The van der Waals surface area contributed by atoms with Crippen LogP contribution in [0.4, 0.5) is 5.69 Å². The molecule has 0 amide bonds. The number of hydrogen-bond acceptors (Lipinski definition) is 3. The lowest BCUT2D eigenvalue weighted by Gasteiger charge is -2.08. The molecule has 0 radical (unpaired) electrons. The zero-order valence-electron chi connectivity index (χ0n) is 12.8. The van der Waals surface area contributed by atoms with Crippen LogP contribution >= 0.6 is 24.0 Å². The highest BCUT2D eigenvalue weighted by molar-refractivity contribution is 14.0. The Balaban J connectivity index is 0.00000176. The highest BCUT2D eigenvalue weighted by Crippen LogP contribution is 2.24. The number of halogens is 1. The molecule has 1 aromatic heterocycles. The van der Waals surface area contributed by atoms with Gasteiger partial charge >= 0.3 is 0 Å². The molecule has 0 atom stereocenters. The Hall–Kier alpha value is -1.57. The minimum absolute atomic E-state index is 0. The van der Waals surface area contributed by atoms with E-state index in [2.05, 4.69) is 33.7 Å². The Labute approximate surface area is 147 Å². The van der Waals surface area contributed by atoms with Gasteiger partial charge in [0.25, 0.3) is 0 Å². The second-order valence-electron chi connectivity index (χ2n) is 5.47. The number of aryl methyl sites for hydroxylation is 4. The maximum Gasteiger partial charge on any atom is 0.193 e. The average molecular weight is 412 g/mol. The molecule has 1 aromatic carbocycles. The van der Waals surface area contributed by atoms with E-state index in [1.165, 1.54) is 24.0 Å². The molecule has 0 saturated carbocycles. The molecule has 0 bridgehead atoms. The molecular formula is C16H21IN4O. The van der Waals surface area contributed by atoms with E-state index >= 15 is 0 Å². The van der Waals surface area contributed by atoms with Crippen LogP contribution in [0.15, 0.2) is 27.7 Å². The summed E-state index contributed by atoms with van der Waals surface area (Å²) in [5.74, 6) is 1.20. The Morgan fingerprint density at radius 3 is 2.82 bits per heavy atom. The summed E-state index contributed by atoms with van der Waals surface area (Å²) in [6, 6.07) is 6.40. The maximum absolute atomic E-state index is 5.96. The van der Waals surface area contributed by atoms with E-state index in [4.69, 9.17) is 10.3 Å². The zero-order chi connectivity index (χ0) is 14.8. The van der Waals surface area contributed by atoms with Crippen molar-refractivity contribution in [1.29, 1.82) is 0 Å². The molecule has 5 nitrogen and oxygen atoms in total. The molecule has 6 heteroatoms. The quantitative estimate of drug-likeness (QED) is 0.461. The number of guanidine groups is 1. The number of nitrogens with zero attached hydrogens (tertiary/aromatic N) is 2. The van der Waals surface area contributed by atoms with Gasteiger partial charge in [0.1, 0.15) is 5.76 Å².